The molecule has 2 aromatic rings. The first-order chi connectivity index (χ1) is 10.3. The molecule has 0 spiro atoms. The van der Waals surface area contributed by atoms with Crippen LogP contribution in [0, 0.1) is 0 Å². The lowest BCUT2D eigenvalue weighted by molar-refractivity contribution is 0.238. The van der Waals surface area contributed by atoms with Crippen LogP contribution >= 0.6 is 0 Å². The third-order valence-corrected chi connectivity index (χ3v) is 2.73. The number of carbonyl (C=O) groups excluding carboxylic acids is 1. The first-order valence-electron chi connectivity index (χ1n) is 6.80. The van der Waals surface area contributed by atoms with Gasteiger partial charge in [0.25, 0.3) is 0 Å². The fourth-order valence-electron chi connectivity index (χ4n) is 1.68. The highest BCUT2D eigenvalue weighted by Gasteiger charge is 2.08. The second-order valence-electron chi connectivity index (χ2n) is 4.38. The topological polar surface area (TPSA) is 100 Å². The SMILES string of the molecule is O=C(NCCCO)NCCc1nnc(-c2ccccc2)o1. The van der Waals surface area contributed by atoms with E-state index in [4.69, 9.17) is 9.52 Å². The highest BCUT2D eigenvalue weighted by molar-refractivity contribution is 5.73. The van der Waals surface area contributed by atoms with Crippen LogP contribution in [-0.4, -0.2) is 41.0 Å². The third-order valence-electron chi connectivity index (χ3n) is 2.73. The summed E-state index contributed by atoms with van der Waals surface area (Å²) >= 11 is 0. The summed E-state index contributed by atoms with van der Waals surface area (Å²) in [4.78, 5) is 11.4. The van der Waals surface area contributed by atoms with E-state index < -0.39 is 0 Å². The molecule has 2 amide bonds. The fraction of sp³-hybridized carbons (Fsp3) is 0.357. The molecule has 0 aliphatic carbocycles. The number of aliphatic hydroxyl groups is 1. The predicted octanol–water partition coefficient (Wildman–Crippen LogP) is 0.961. The van der Waals surface area contributed by atoms with Crippen LogP contribution in [0.3, 0.4) is 0 Å². The summed E-state index contributed by atoms with van der Waals surface area (Å²) in [6.07, 6.45) is 1.00. The number of carbonyl (C=O) groups is 1. The number of nitrogens with zero attached hydrogens (tertiary/aromatic N) is 2. The zero-order valence-electron chi connectivity index (χ0n) is 11.6. The molecule has 1 heterocycles. The predicted molar refractivity (Wildman–Crippen MR) is 76.5 cm³/mol. The summed E-state index contributed by atoms with van der Waals surface area (Å²) in [5.41, 5.74) is 0.867. The van der Waals surface area contributed by atoms with E-state index in [2.05, 4.69) is 20.8 Å². The fourth-order valence-corrected chi connectivity index (χ4v) is 1.68. The molecule has 7 nitrogen and oxygen atoms in total. The number of aromatic nitrogens is 2. The number of rotatable bonds is 7. The molecule has 0 radical (unpaired) electrons. The molecule has 0 unspecified atom stereocenters. The maximum Gasteiger partial charge on any atom is 0.314 e. The van der Waals surface area contributed by atoms with Gasteiger partial charge in [-0.25, -0.2) is 4.79 Å². The minimum Gasteiger partial charge on any atom is -0.421 e. The number of amides is 2. The number of urea groups is 1. The Bertz CT molecular complexity index is 556. The number of aliphatic hydroxyl groups excluding tert-OH is 1. The Morgan fingerprint density at radius 3 is 2.67 bits per heavy atom. The molecule has 0 saturated heterocycles. The summed E-state index contributed by atoms with van der Waals surface area (Å²) in [6.45, 7) is 0.910. The third kappa shape index (κ3) is 4.88. The van der Waals surface area contributed by atoms with E-state index in [1.165, 1.54) is 0 Å². The Labute approximate surface area is 122 Å². The van der Waals surface area contributed by atoms with Crippen molar-refractivity contribution < 1.29 is 14.3 Å². The molecule has 0 aliphatic rings. The molecule has 1 aromatic carbocycles. The largest absolute Gasteiger partial charge is 0.421 e. The van der Waals surface area contributed by atoms with Gasteiger partial charge in [0.1, 0.15) is 0 Å². The van der Waals surface area contributed by atoms with Crippen LogP contribution in [0.1, 0.15) is 12.3 Å². The van der Waals surface area contributed by atoms with E-state index in [0.717, 1.165) is 5.56 Å². The highest BCUT2D eigenvalue weighted by Crippen LogP contribution is 2.16. The van der Waals surface area contributed by atoms with Crippen molar-refractivity contribution in [2.24, 2.45) is 0 Å². The molecule has 0 atom stereocenters. The second kappa shape index (κ2) is 8.01. The van der Waals surface area contributed by atoms with E-state index >= 15 is 0 Å². The number of benzene rings is 1. The number of nitrogens with one attached hydrogen (secondary N) is 2. The first kappa shape index (κ1) is 15.0. The van der Waals surface area contributed by atoms with E-state index in [9.17, 15) is 4.79 Å². The summed E-state index contributed by atoms with van der Waals surface area (Å²) in [6, 6.07) is 9.23. The molecule has 21 heavy (non-hydrogen) atoms. The van der Waals surface area contributed by atoms with Crippen molar-refractivity contribution in [3.05, 3.63) is 36.2 Å². The normalized spacial score (nSPS) is 10.3. The van der Waals surface area contributed by atoms with Gasteiger partial charge in [0, 0.05) is 31.7 Å². The van der Waals surface area contributed by atoms with Crippen LogP contribution in [-0.2, 0) is 6.42 Å². The molecule has 2 rings (SSSR count). The molecule has 7 heteroatoms. The Morgan fingerprint density at radius 1 is 1.14 bits per heavy atom. The maximum absolute atomic E-state index is 11.4. The van der Waals surface area contributed by atoms with E-state index in [0.29, 0.717) is 37.7 Å². The Hall–Kier alpha value is -2.41. The monoisotopic (exact) mass is 290 g/mol. The van der Waals surface area contributed by atoms with Gasteiger partial charge in [-0.2, -0.15) is 0 Å². The minimum atomic E-state index is -0.272. The Kier molecular flexibility index (Phi) is 5.71. The van der Waals surface area contributed by atoms with Crippen molar-refractivity contribution in [3.63, 3.8) is 0 Å². The summed E-state index contributed by atoms with van der Waals surface area (Å²) in [7, 11) is 0. The van der Waals surface area contributed by atoms with Crippen molar-refractivity contribution in [2.75, 3.05) is 19.7 Å². The van der Waals surface area contributed by atoms with E-state index in [1.54, 1.807) is 0 Å². The average Bonchev–Trinajstić information content (AvgIpc) is 2.97. The van der Waals surface area contributed by atoms with Crippen LogP contribution in [0.4, 0.5) is 4.79 Å². The van der Waals surface area contributed by atoms with Crippen molar-refractivity contribution in [3.8, 4) is 11.5 Å². The van der Waals surface area contributed by atoms with Gasteiger partial charge in [-0.15, -0.1) is 10.2 Å². The lowest BCUT2D eigenvalue weighted by atomic mass is 10.2. The van der Waals surface area contributed by atoms with Gasteiger partial charge in [-0.3, -0.25) is 0 Å². The van der Waals surface area contributed by atoms with Gasteiger partial charge in [-0.1, -0.05) is 18.2 Å². The summed E-state index contributed by atoms with van der Waals surface area (Å²) in [5, 5.41) is 21.8. The standard InChI is InChI=1S/C14H18N4O3/c19-10-4-8-15-14(20)16-9-7-12-17-18-13(21-12)11-5-2-1-3-6-11/h1-3,5-6,19H,4,7-10H2,(H2,15,16,20). The quantitative estimate of drug-likeness (QED) is 0.659. The van der Waals surface area contributed by atoms with Gasteiger partial charge in [0.05, 0.1) is 0 Å². The molecule has 1 aromatic heterocycles. The molecule has 0 aliphatic heterocycles. The van der Waals surface area contributed by atoms with Gasteiger partial charge in [0.15, 0.2) is 0 Å². The van der Waals surface area contributed by atoms with Crippen molar-refractivity contribution in [2.45, 2.75) is 12.8 Å². The zero-order valence-corrected chi connectivity index (χ0v) is 11.6. The first-order valence-corrected chi connectivity index (χ1v) is 6.80. The molecule has 3 N–H and O–H groups in total. The van der Waals surface area contributed by atoms with Gasteiger partial charge in [-0.05, 0) is 18.6 Å². The maximum atomic E-state index is 11.4. The Balaban J connectivity index is 1.75. The van der Waals surface area contributed by atoms with Crippen molar-refractivity contribution >= 4 is 6.03 Å². The number of hydrogen-bond acceptors (Lipinski definition) is 5. The highest BCUT2D eigenvalue weighted by atomic mass is 16.4. The van der Waals surface area contributed by atoms with Crippen LogP contribution < -0.4 is 10.6 Å². The van der Waals surface area contributed by atoms with Crippen molar-refractivity contribution in [1.29, 1.82) is 0 Å². The van der Waals surface area contributed by atoms with E-state index in [1.807, 2.05) is 30.3 Å². The van der Waals surface area contributed by atoms with Gasteiger partial charge >= 0.3 is 6.03 Å². The van der Waals surface area contributed by atoms with Crippen LogP contribution in [0.25, 0.3) is 11.5 Å². The number of hydrogen-bond donors (Lipinski definition) is 3. The zero-order chi connectivity index (χ0) is 14.9. The lowest BCUT2D eigenvalue weighted by Gasteiger charge is -2.05. The molecular formula is C14H18N4O3. The van der Waals surface area contributed by atoms with Crippen molar-refractivity contribution in [1.82, 2.24) is 20.8 Å². The minimum absolute atomic E-state index is 0.0600. The van der Waals surface area contributed by atoms with E-state index in [-0.39, 0.29) is 12.6 Å². The lowest BCUT2D eigenvalue weighted by Crippen LogP contribution is -2.37. The molecular weight excluding hydrogens is 272 g/mol. The summed E-state index contributed by atoms with van der Waals surface area (Å²) < 4.78 is 5.52. The summed E-state index contributed by atoms with van der Waals surface area (Å²) in [5.74, 6) is 0.947. The van der Waals surface area contributed by atoms with Crippen LogP contribution in [0.15, 0.2) is 34.7 Å². The molecule has 0 bridgehead atoms. The van der Waals surface area contributed by atoms with Crippen LogP contribution in [0.5, 0.6) is 0 Å². The smallest absolute Gasteiger partial charge is 0.314 e. The Morgan fingerprint density at radius 2 is 1.90 bits per heavy atom. The molecule has 0 saturated carbocycles. The van der Waals surface area contributed by atoms with Gasteiger partial charge in [0.2, 0.25) is 11.8 Å². The average molecular weight is 290 g/mol. The second-order valence-corrected chi connectivity index (χ2v) is 4.38. The molecule has 0 fully saturated rings. The van der Waals surface area contributed by atoms with Gasteiger partial charge < -0.3 is 20.2 Å². The van der Waals surface area contributed by atoms with Crippen LogP contribution in [0.2, 0.25) is 0 Å². The molecule has 112 valence electrons.